The Morgan fingerprint density at radius 2 is 2.12 bits per heavy atom. The van der Waals surface area contributed by atoms with Crippen LogP contribution in [0.2, 0.25) is 0 Å². The number of nitrogens with one attached hydrogen (secondary N) is 1. The topological polar surface area (TPSA) is 88.3 Å². The highest BCUT2D eigenvalue weighted by Crippen LogP contribution is 2.21. The van der Waals surface area contributed by atoms with E-state index >= 15 is 0 Å². The average molecular weight is 437 g/mol. The highest BCUT2D eigenvalue weighted by atomic mass is 35.5. The Morgan fingerprint density at radius 1 is 1.31 bits per heavy atom. The molecule has 0 bridgehead atoms. The molecule has 0 saturated carbocycles. The van der Waals surface area contributed by atoms with E-state index in [2.05, 4.69) is 10.3 Å². The van der Waals surface area contributed by atoms with Crippen LogP contribution in [-0.2, 0) is 11.2 Å². The van der Waals surface area contributed by atoms with Crippen molar-refractivity contribution in [1.82, 2.24) is 9.88 Å². The number of rotatable bonds is 5. The van der Waals surface area contributed by atoms with Gasteiger partial charge in [0, 0.05) is 24.5 Å². The van der Waals surface area contributed by atoms with Gasteiger partial charge in [-0.05, 0) is 30.7 Å². The zero-order valence-corrected chi connectivity index (χ0v) is 17.3. The van der Waals surface area contributed by atoms with Crippen molar-refractivity contribution in [3.05, 3.63) is 33.5 Å². The van der Waals surface area contributed by atoms with Gasteiger partial charge in [0.2, 0.25) is 5.91 Å². The minimum Gasteiger partial charge on any atom is -0.338 e. The lowest BCUT2D eigenvalue weighted by Gasteiger charge is -2.35. The summed E-state index contributed by atoms with van der Waals surface area (Å²) in [5, 5.41) is 6.97. The van der Waals surface area contributed by atoms with Crippen LogP contribution < -0.4 is 11.1 Å². The van der Waals surface area contributed by atoms with Crippen LogP contribution in [0.1, 0.15) is 34.6 Å². The van der Waals surface area contributed by atoms with E-state index in [4.69, 9.17) is 5.73 Å². The Labute approximate surface area is 173 Å². The number of carbonyl (C=O) groups excluding carboxylic acids is 2. The number of amides is 2. The van der Waals surface area contributed by atoms with Crippen molar-refractivity contribution in [1.29, 1.82) is 0 Å². The van der Waals surface area contributed by atoms with Crippen molar-refractivity contribution in [2.45, 2.75) is 31.7 Å². The summed E-state index contributed by atoms with van der Waals surface area (Å²) < 4.78 is 0. The molecule has 1 fully saturated rings. The number of nitrogens with zero attached hydrogens (tertiary/aromatic N) is 2. The van der Waals surface area contributed by atoms with Crippen molar-refractivity contribution in [3.63, 3.8) is 0 Å². The molecule has 1 unspecified atom stereocenters. The highest BCUT2D eigenvalue weighted by molar-refractivity contribution is 7.14. The molecule has 1 atom stereocenters. The average Bonchev–Trinajstić information content (AvgIpc) is 3.27. The van der Waals surface area contributed by atoms with E-state index in [-0.39, 0.29) is 49.1 Å². The second-order valence-corrected chi connectivity index (χ2v) is 7.53. The summed E-state index contributed by atoms with van der Waals surface area (Å²) in [5.74, 6) is -0.108. The molecule has 3 N–H and O–H groups in total. The fraction of sp³-hybridized carbons (Fsp3) is 0.438. The molecule has 144 valence electrons. The van der Waals surface area contributed by atoms with Crippen molar-refractivity contribution in [2.24, 2.45) is 5.73 Å². The molecular weight excluding hydrogens is 415 g/mol. The Kier molecular flexibility index (Phi) is 9.52. The third-order valence-electron chi connectivity index (χ3n) is 4.07. The lowest BCUT2D eigenvalue weighted by Crippen LogP contribution is -2.48. The van der Waals surface area contributed by atoms with Gasteiger partial charge in [-0.1, -0.05) is 6.07 Å². The molecule has 0 aliphatic carbocycles. The number of likely N-dealkylation sites (tertiary alicyclic amines) is 1. The van der Waals surface area contributed by atoms with Crippen molar-refractivity contribution >= 4 is 64.4 Å². The van der Waals surface area contributed by atoms with Crippen LogP contribution in [0.3, 0.4) is 0 Å². The number of piperidine rings is 1. The number of thiazole rings is 1. The zero-order chi connectivity index (χ0) is 16.9. The summed E-state index contributed by atoms with van der Waals surface area (Å²) in [5.41, 5.74) is 6.46. The van der Waals surface area contributed by atoms with Crippen LogP contribution in [0.15, 0.2) is 22.9 Å². The maximum Gasteiger partial charge on any atom is 0.267 e. The maximum atomic E-state index is 12.5. The standard InChI is InChI=1S/C16H20N4O2S2.2ClH/c17-9-12-4-1-2-6-20(12)14(21)8-11-10-24-16(18-11)19-15(22)13-5-3-7-23-13;;/h3,5,7,10,12H,1-2,4,6,8-9,17H2,(H,18,19,22);2*1H. The number of halogens is 2. The second kappa shape index (κ2) is 10.8. The lowest BCUT2D eigenvalue weighted by molar-refractivity contribution is -0.133. The lowest BCUT2D eigenvalue weighted by atomic mass is 10.0. The first-order valence-electron chi connectivity index (χ1n) is 7.96. The van der Waals surface area contributed by atoms with Crippen molar-refractivity contribution in [2.75, 3.05) is 18.4 Å². The van der Waals surface area contributed by atoms with Crippen LogP contribution >= 0.6 is 47.5 Å². The van der Waals surface area contributed by atoms with E-state index in [1.807, 2.05) is 21.7 Å². The van der Waals surface area contributed by atoms with Crippen molar-refractivity contribution < 1.29 is 9.59 Å². The quantitative estimate of drug-likeness (QED) is 0.752. The van der Waals surface area contributed by atoms with E-state index < -0.39 is 0 Å². The van der Waals surface area contributed by atoms with Crippen molar-refractivity contribution in [3.8, 4) is 0 Å². The summed E-state index contributed by atoms with van der Waals surface area (Å²) in [6.45, 7) is 1.28. The molecule has 2 aromatic rings. The summed E-state index contributed by atoms with van der Waals surface area (Å²) in [6.07, 6.45) is 3.38. The van der Waals surface area contributed by atoms with Crippen LogP contribution in [0.4, 0.5) is 5.13 Å². The van der Waals surface area contributed by atoms with Gasteiger partial charge in [0.05, 0.1) is 17.0 Å². The molecule has 6 nitrogen and oxygen atoms in total. The Bertz CT molecular complexity index is 709. The fourth-order valence-corrected chi connectivity index (χ4v) is 4.17. The Balaban J connectivity index is 0.00000169. The van der Waals surface area contributed by atoms with Gasteiger partial charge in [-0.3, -0.25) is 14.9 Å². The zero-order valence-electron chi connectivity index (χ0n) is 14.1. The molecule has 10 heteroatoms. The predicted molar refractivity (Wildman–Crippen MR) is 111 cm³/mol. The SMILES string of the molecule is Cl.Cl.NCC1CCCCN1C(=O)Cc1csc(NC(=O)c2cccs2)n1. The predicted octanol–water partition coefficient (Wildman–Crippen LogP) is 3.18. The summed E-state index contributed by atoms with van der Waals surface area (Å²) in [4.78, 5) is 31.4. The van der Waals surface area contributed by atoms with Crippen LogP contribution in [-0.4, -0.2) is 40.8 Å². The van der Waals surface area contributed by atoms with E-state index in [1.54, 1.807) is 6.07 Å². The summed E-state index contributed by atoms with van der Waals surface area (Å²) >= 11 is 2.72. The molecule has 1 saturated heterocycles. The normalized spacial score (nSPS) is 16.3. The van der Waals surface area contributed by atoms with E-state index in [9.17, 15) is 9.59 Å². The first-order chi connectivity index (χ1) is 11.7. The number of anilines is 1. The number of carbonyl (C=O) groups is 2. The van der Waals surface area contributed by atoms with Gasteiger partial charge in [0.1, 0.15) is 0 Å². The number of thiophene rings is 1. The van der Waals surface area contributed by atoms with Gasteiger partial charge < -0.3 is 10.6 Å². The van der Waals surface area contributed by atoms with Gasteiger partial charge in [0.15, 0.2) is 5.13 Å². The molecule has 1 aliphatic rings. The molecule has 0 aromatic carbocycles. The van der Waals surface area contributed by atoms with Gasteiger partial charge in [-0.2, -0.15) is 0 Å². The monoisotopic (exact) mass is 436 g/mol. The molecule has 26 heavy (non-hydrogen) atoms. The van der Waals surface area contributed by atoms with Crippen LogP contribution in [0, 0.1) is 0 Å². The van der Waals surface area contributed by atoms with Crippen LogP contribution in [0.5, 0.6) is 0 Å². The largest absolute Gasteiger partial charge is 0.338 e. The molecule has 0 spiro atoms. The van der Waals surface area contributed by atoms with E-state index in [0.717, 1.165) is 25.8 Å². The minimum absolute atomic E-state index is 0. The second-order valence-electron chi connectivity index (χ2n) is 5.72. The van der Waals surface area contributed by atoms with Gasteiger partial charge in [0.25, 0.3) is 5.91 Å². The van der Waals surface area contributed by atoms with E-state index in [0.29, 0.717) is 22.2 Å². The third kappa shape index (κ3) is 5.65. The number of hydrogen-bond acceptors (Lipinski definition) is 6. The van der Waals surface area contributed by atoms with E-state index in [1.165, 1.54) is 22.7 Å². The van der Waals surface area contributed by atoms with Crippen LogP contribution in [0.25, 0.3) is 0 Å². The Morgan fingerprint density at radius 3 is 2.81 bits per heavy atom. The van der Waals surface area contributed by atoms with Gasteiger partial charge in [-0.25, -0.2) is 4.98 Å². The molecule has 0 radical (unpaired) electrons. The number of aromatic nitrogens is 1. The summed E-state index contributed by atoms with van der Waals surface area (Å²) in [6, 6.07) is 3.74. The fourth-order valence-electron chi connectivity index (χ4n) is 2.84. The van der Waals surface area contributed by atoms with Gasteiger partial charge >= 0.3 is 0 Å². The smallest absolute Gasteiger partial charge is 0.267 e. The first kappa shape index (κ1) is 22.9. The Hall–Kier alpha value is -1.19. The maximum absolute atomic E-state index is 12.5. The number of hydrogen-bond donors (Lipinski definition) is 2. The molecule has 1 aliphatic heterocycles. The first-order valence-corrected chi connectivity index (χ1v) is 9.72. The molecule has 2 amide bonds. The molecular formula is C16H22Cl2N4O2S2. The molecule has 2 aromatic heterocycles. The minimum atomic E-state index is -0.170. The molecule has 3 heterocycles. The third-order valence-corrected chi connectivity index (χ3v) is 5.74. The molecule has 3 rings (SSSR count). The summed E-state index contributed by atoms with van der Waals surface area (Å²) in [7, 11) is 0. The number of nitrogens with two attached hydrogens (primary N) is 1. The highest BCUT2D eigenvalue weighted by Gasteiger charge is 2.26. The van der Waals surface area contributed by atoms with Gasteiger partial charge in [-0.15, -0.1) is 47.5 Å².